The molecule has 0 fully saturated rings. The minimum Gasteiger partial charge on any atom is -0.504 e. The van der Waals surface area contributed by atoms with Crippen LogP contribution in [0, 0.1) is 13.8 Å². The van der Waals surface area contributed by atoms with E-state index < -0.39 is 0 Å². The van der Waals surface area contributed by atoms with Crippen molar-refractivity contribution < 1.29 is 14.9 Å². The third-order valence-electron chi connectivity index (χ3n) is 3.38. The van der Waals surface area contributed by atoms with Gasteiger partial charge in [-0.1, -0.05) is 12.1 Å². The van der Waals surface area contributed by atoms with Crippen LogP contribution in [0.25, 0.3) is 0 Å². The lowest BCUT2D eigenvalue weighted by molar-refractivity contribution is 0.272. The van der Waals surface area contributed by atoms with Crippen LogP contribution in [0.1, 0.15) is 16.7 Å². The summed E-state index contributed by atoms with van der Waals surface area (Å²) in [6, 6.07) is 8.97. The molecule has 0 radical (unpaired) electrons. The maximum atomic E-state index is 9.82. The van der Waals surface area contributed by atoms with Crippen molar-refractivity contribution in [2.24, 2.45) is 10.2 Å². The summed E-state index contributed by atoms with van der Waals surface area (Å²) in [5, 5.41) is 27.4. The molecule has 5 nitrogen and oxygen atoms in total. The van der Waals surface area contributed by atoms with Crippen molar-refractivity contribution >= 4 is 11.4 Å². The highest BCUT2D eigenvalue weighted by molar-refractivity contribution is 5.56. The fourth-order valence-corrected chi connectivity index (χ4v) is 1.94. The number of nitrogens with zero attached hydrogens (tertiary/aromatic N) is 2. The maximum absolute atomic E-state index is 9.82. The molecule has 0 atom stereocenters. The standard InChI is InChI=1S/C16H18N2O3/c1-10-5-4-6-14(11(10)2)18-17-13-7-12(9-19)16(20)15(8-13)21-3/h4-8,19-20H,9H2,1-3H3. The lowest BCUT2D eigenvalue weighted by Crippen LogP contribution is -1.89. The van der Waals surface area contributed by atoms with Gasteiger partial charge in [0, 0.05) is 11.6 Å². The number of aryl methyl sites for hydroxylation is 1. The molecule has 0 unspecified atom stereocenters. The topological polar surface area (TPSA) is 74.4 Å². The Morgan fingerprint density at radius 2 is 1.90 bits per heavy atom. The summed E-state index contributed by atoms with van der Waals surface area (Å²) in [6.07, 6.45) is 0. The molecule has 0 bridgehead atoms. The van der Waals surface area contributed by atoms with E-state index in [0.29, 0.717) is 11.3 Å². The molecule has 110 valence electrons. The molecule has 2 aromatic rings. The Balaban J connectivity index is 2.39. The molecule has 0 saturated carbocycles. The Labute approximate surface area is 123 Å². The minimum atomic E-state index is -0.297. The van der Waals surface area contributed by atoms with Crippen molar-refractivity contribution in [3.63, 3.8) is 0 Å². The Kier molecular flexibility index (Phi) is 4.55. The van der Waals surface area contributed by atoms with E-state index in [1.807, 2.05) is 32.0 Å². The van der Waals surface area contributed by atoms with Gasteiger partial charge in [-0.2, -0.15) is 10.2 Å². The van der Waals surface area contributed by atoms with E-state index >= 15 is 0 Å². The van der Waals surface area contributed by atoms with Gasteiger partial charge in [-0.25, -0.2) is 0 Å². The molecule has 2 N–H and O–H groups in total. The predicted molar refractivity (Wildman–Crippen MR) is 80.7 cm³/mol. The van der Waals surface area contributed by atoms with E-state index in [4.69, 9.17) is 4.74 Å². The summed E-state index contributed by atoms with van der Waals surface area (Å²) in [7, 11) is 1.45. The number of aliphatic hydroxyl groups excluding tert-OH is 1. The van der Waals surface area contributed by atoms with E-state index in [1.54, 1.807) is 12.1 Å². The summed E-state index contributed by atoms with van der Waals surface area (Å²) < 4.78 is 5.06. The summed E-state index contributed by atoms with van der Waals surface area (Å²) in [4.78, 5) is 0. The highest BCUT2D eigenvalue weighted by atomic mass is 16.5. The van der Waals surface area contributed by atoms with Crippen molar-refractivity contribution in [3.8, 4) is 11.5 Å². The van der Waals surface area contributed by atoms with Gasteiger partial charge in [0.15, 0.2) is 11.5 Å². The molecule has 0 aliphatic carbocycles. The Morgan fingerprint density at radius 1 is 1.14 bits per heavy atom. The summed E-state index contributed by atoms with van der Waals surface area (Å²) in [5.41, 5.74) is 3.85. The predicted octanol–water partition coefficient (Wildman–Crippen LogP) is 3.93. The van der Waals surface area contributed by atoms with Gasteiger partial charge >= 0.3 is 0 Å². The third-order valence-corrected chi connectivity index (χ3v) is 3.38. The number of phenols is 1. The number of ether oxygens (including phenoxy) is 1. The lowest BCUT2D eigenvalue weighted by atomic mass is 10.1. The number of benzene rings is 2. The van der Waals surface area contributed by atoms with Crippen molar-refractivity contribution in [1.82, 2.24) is 0 Å². The zero-order valence-corrected chi connectivity index (χ0v) is 12.3. The van der Waals surface area contributed by atoms with Gasteiger partial charge in [0.25, 0.3) is 0 Å². The van der Waals surface area contributed by atoms with Crippen molar-refractivity contribution in [3.05, 3.63) is 47.0 Å². The first kappa shape index (κ1) is 15.0. The molecular formula is C16H18N2O3. The fourth-order valence-electron chi connectivity index (χ4n) is 1.94. The second kappa shape index (κ2) is 6.37. The highest BCUT2D eigenvalue weighted by Crippen LogP contribution is 2.35. The van der Waals surface area contributed by atoms with Crippen molar-refractivity contribution in [2.45, 2.75) is 20.5 Å². The SMILES string of the molecule is COc1cc(N=Nc2cccc(C)c2C)cc(CO)c1O. The van der Waals surface area contributed by atoms with Gasteiger partial charge in [0.05, 0.1) is 25.1 Å². The van der Waals surface area contributed by atoms with Gasteiger partial charge in [-0.3, -0.25) is 0 Å². The zero-order chi connectivity index (χ0) is 15.4. The number of hydrogen-bond acceptors (Lipinski definition) is 5. The molecule has 0 saturated heterocycles. The molecule has 5 heteroatoms. The Hall–Kier alpha value is -2.40. The van der Waals surface area contributed by atoms with E-state index in [2.05, 4.69) is 10.2 Å². The third kappa shape index (κ3) is 3.20. The fraction of sp³-hybridized carbons (Fsp3) is 0.250. The van der Waals surface area contributed by atoms with Gasteiger partial charge in [-0.05, 0) is 37.1 Å². The van der Waals surface area contributed by atoms with Crippen LogP contribution in [0.15, 0.2) is 40.6 Å². The number of hydrogen-bond donors (Lipinski definition) is 2. The van der Waals surface area contributed by atoms with Gasteiger partial charge in [0.2, 0.25) is 0 Å². The second-order valence-electron chi connectivity index (χ2n) is 4.73. The summed E-state index contributed by atoms with van der Waals surface area (Å²) in [5.74, 6) is 0.183. The van der Waals surface area contributed by atoms with Crippen LogP contribution in [0.5, 0.6) is 11.5 Å². The van der Waals surface area contributed by atoms with E-state index in [-0.39, 0.29) is 18.1 Å². The second-order valence-corrected chi connectivity index (χ2v) is 4.73. The average Bonchev–Trinajstić information content (AvgIpc) is 2.49. The summed E-state index contributed by atoms with van der Waals surface area (Å²) in [6.45, 7) is 3.71. The first-order valence-corrected chi connectivity index (χ1v) is 6.55. The number of methoxy groups -OCH3 is 1. The van der Waals surface area contributed by atoms with Gasteiger partial charge < -0.3 is 14.9 Å². The van der Waals surface area contributed by atoms with Crippen LogP contribution >= 0.6 is 0 Å². The largest absolute Gasteiger partial charge is 0.504 e. The molecule has 21 heavy (non-hydrogen) atoms. The van der Waals surface area contributed by atoms with Crippen LogP contribution in [-0.2, 0) is 6.61 Å². The van der Waals surface area contributed by atoms with Crippen LogP contribution < -0.4 is 4.74 Å². The lowest BCUT2D eigenvalue weighted by Gasteiger charge is -2.08. The van der Waals surface area contributed by atoms with Crippen molar-refractivity contribution in [2.75, 3.05) is 7.11 Å². The number of azo groups is 1. The smallest absolute Gasteiger partial charge is 0.163 e. The maximum Gasteiger partial charge on any atom is 0.163 e. The molecule has 0 aliphatic heterocycles. The first-order valence-electron chi connectivity index (χ1n) is 6.55. The molecular weight excluding hydrogens is 268 g/mol. The number of rotatable bonds is 4. The Morgan fingerprint density at radius 3 is 2.57 bits per heavy atom. The highest BCUT2D eigenvalue weighted by Gasteiger charge is 2.10. The number of aromatic hydroxyl groups is 1. The zero-order valence-electron chi connectivity index (χ0n) is 12.3. The molecule has 2 aromatic carbocycles. The first-order chi connectivity index (χ1) is 10.1. The monoisotopic (exact) mass is 286 g/mol. The molecule has 0 aromatic heterocycles. The van der Waals surface area contributed by atoms with E-state index in [0.717, 1.165) is 16.8 Å². The van der Waals surface area contributed by atoms with Gasteiger partial charge in [-0.15, -0.1) is 0 Å². The molecule has 0 amide bonds. The molecule has 2 rings (SSSR count). The normalized spacial score (nSPS) is 11.0. The van der Waals surface area contributed by atoms with Crippen LogP contribution in [0.2, 0.25) is 0 Å². The van der Waals surface area contributed by atoms with Crippen LogP contribution in [0.4, 0.5) is 11.4 Å². The minimum absolute atomic E-state index is 0.0781. The van der Waals surface area contributed by atoms with Crippen molar-refractivity contribution in [1.29, 1.82) is 0 Å². The number of aliphatic hydroxyl groups is 1. The molecule has 0 aliphatic rings. The summed E-state index contributed by atoms with van der Waals surface area (Å²) >= 11 is 0. The van der Waals surface area contributed by atoms with Gasteiger partial charge in [0.1, 0.15) is 0 Å². The van der Waals surface area contributed by atoms with Crippen LogP contribution in [0.3, 0.4) is 0 Å². The van der Waals surface area contributed by atoms with E-state index in [9.17, 15) is 10.2 Å². The molecule has 0 spiro atoms. The Bertz CT molecular complexity index is 656. The quantitative estimate of drug-likeness (QED) is 0.836. The van der Waals surface area contributed by atoms with E-state index in [1.165, 1.54) is 7.11 Å². The molecule has 0 heterocycles. The average molecular weight is 286 g/mol. The van der Waals surface area contributed by atoms with Crippen LogP contribution in [-0.4, -0.2) is 17.3 Å².